The molecule has 0 aliphatic heterocycles. The minimum Gasteiger partial charge on any atom is -0.456 e. The van der Waals surface area contributed by atoms with E-state index in [1.807, 2.05) is 6.92 Å². The van der Waals surface area contributed by atoms with Crippen molar-refractivity contribution in [3.05, 3.63) is 24.3 Å². The normalized spacial score (nSPS) is 25.2. The van der Waals surface area contributed by atoms with E-state index in [2.05, 4.69) is 19.2 Å². The van der Waals surface area contributed by atoms with E-state index in [9.17, 15) is 4.79 Å². The number of carbonyl (C=O) groups excluding carboxylic acids is 1. The van der Waals surface area contributed by atoms with E-state index in [-0.39, 0.29) is 5.97 Å². The number of nitriles is 1. The number of ether oxygens (including phenoxy) is 2. The van der Waals surface area contributed by atoms with Gasteiger partial charge in [-0.05, 0) is 39.0 Å². The van der Waals surface area contributed by atoms with Gasteiger partial charge < -0.3 is 9.47 Å². The zero-order valence-corrected chi connectivity index (χ0v) is 13.1. The highest BCUT2D eigenvalue weighted by Gasteiger charge is 2.37. The summed E-state index contributed by atoms with van der Waals surface area (Å²) in [4.78, 5) is 11.8. The van der Waals surface area contributed by atoms with E-state index in [1.165, 1.54) is 0 Å². The fourth-order valence-corrected chi connectivity index (χ4v) is 2.83. The molecule has 0 aromatic heterocycles. The maximum absolute atomic E-state index is 11.8. The van der Waals surface area contributed by atoms with E-state index in [1.54, 1.807) is 6.92 Å². The molecule has 2 atom stereocenters. The van der Waals surface area contributed by atoms with Crippen molar-refractivity contribution in [1.82, 2.24) is 0 Å². The van der Waals surface area contributed by atoms with Crippen LogP contribution in [0.3, 0.4) is 0 Å². The zero-order valence-electron chi connectivity index (χ0n) is 13.1. The minimum atomic E-state index is -0.497. The molecular formula is C17H25NO3. The van der Waals surface area contributed by atoms with E-state index in [4.69, 9.17) is 14.7 Å². The Labute approximate surface area is 127 Å². The molecule has 1 fully saturated rings. The summed E-state index contributed by atoms with van der Waals surface area (Å²) in [6.07, 6.45) is 3.78. The van der Waals surface area contributed by atoms with Gasteiger partial charge in [-0.3, -0.25) is 0 Å². The lowest BCUT2D eigenvalue weighted by Crippen LogP contribution is -2.38. The first-order chi connectivity index (χ1) is 9.86. The van der Waals surface area contributed by atoms with Crippen LogP contribution in [0, 0.1) is 17.2 Å². The molecule has 0 heterocycles. The summed E-state index contributed by atoms with van der Waals surface area (Å²) in [6, 6.07) is 2.05. The molecule has 1 aliphatic rings. The predicted molar refractivity (Wildman–Crippen MR) is 81.5 cm³/mol. The number of esters is 1. The average molecular weight is 291 g/mol. The van der Waals surface area contributed by atoms with Crippen molar-refractivity contribution in [2.24, 2.45) is 5.92 Å². The molecule has 0 aromatic rings. The molecule has 1 saturated carbocycles. The Kier molecular flexibility index (Phi) is 6.64. The smallest absolute Gasteiger partial charge is 0.333 e. The van der Waals surface area contributed by atoms with Crippen molar-refractivity contribution in [2.75, 3.05) is 13.2 Å². The van der Waals surface area contributed by atoms with Gasteiger partial charge in [0, 0.05) is 18.6 Å². The van der Waals surface area contributed by atoms with E-state index >= 15 is 0 Å². The molecule has 116 valence electrons. The highest BCUT2D eigenvalue weighted by Crippen LogP contribution is 2.39. The first-order valence-electron chi connectivity index (χ1n) is 7.36. The highest BCUT2D eigenvalue weighted by atomic mass is 16.6. The predicted octanol–water partition coefficient (Wildman–Crippen LogP) is 3.54. The van der Waals surface area contributed by atoms with Crippen LogP contribution in [0.2, 0.25) is 0 Å². The molecule has 0 spiro atoms. The Balaban J connectivity index is 2.49. The van der Waals surface area contributed by atoms with Crippen LogP contribution in [-0.4, -0.2) is 24.8 Å². The fraction of sp³-hybridized carbons (Fsp3) is 0.647. The van der Waals surface area contributed by atoms with Gasteiger partial charge in [-0.25, -0.2) is 4.79 Å². The summed E-state index contributed by atoms with van der Waals surface area (Å²) in [5.41, 5.74) is 1.03. The monoisotopic (exact) mass is 291 g/mol. The van der Waals surface area contributed by atoms with Crippen molar-refractivity contribution >= 4 is 5.97 Å². The Morgan fingerprint density at radius 3 is 2.86 bits per heavy atom. The third-order valence-electron chi connectivity index (χ3n) is 3.64. The van der Waals surface area contributed by atoms with Gasteiger partial charge in [-0.2, -0.15) is 5.26 Å². The van der Waals surface area contributed by atoms with Crippen molar-refractivity contribution in [3.63, 3.8) is 0 Å². The second-order valence-corrected chi connectivity index (χ2v) is 6.13. The van der Waals surface area contributed by atoms with Crippen LogP contribution in [0.4, 0.5) is 0 Å². The molecule has 0 N–H and O–H groups in total. The molecular weight excluding hydrogens is 266 g/mol. The van der Waals surface area contributed by atoms with Crippen LogP contribution in [0.5, 0.6) is 0 Å². The molecule has 2 unspecified atom stereocenters. The van der Waals surface area contributed by atoms with Gasteiger partial charge in [0.15, 0.2) is 0 Å². The maximum Gasteiger partial charge on any atom is 0.333 e. The molecule has 0 radical (unpaired) electrons. The third kappa shape index (κ3) is 6.14. The summed E-state index contributed by atoms with van der Waals surface area (Å²) in [5, 5.41) is 8.45. The lowest BCUT2D eigenvalue weighted by molar-refractivity contribution is -0.156. The Hall–Kier alpha value is -1.60. The summed E-state index contributed by atoms with van der Waals surface area (Å²) in [5.74, 6) is 0.0625. The van der Waals surface area contributed by atoms with Crippen molar-refractivity contribution in [1.29, 1.82) is 5.26 Å². The third-order valence-corrected chi connectivity index (χ3v) is 3.64. The van der Waals surface area contributed by atoms with Crippen LogP contribution in [0.1, 0.15) is 46.0 Å². The Morgan fingerprint density at radius 1 is 1.52 bits per heavy atom. The molecule has 0 bridgehead atoms. The van der Waals surface area contributed by atoms with Crippen molar-refractivity contribution in [3.8, 4) is 6.07 Å². The van der Waals surface area contributed by atoms with Gasteiger partial charge in [0.1, 0.15) is 5.60 Å². The first kappa shape index (κ1) is 17.5. The molecule has 21 heavy (non-hydrogen) atoms. The van der Waals surface area contributed by atoms with Gasteiger partial charge in [-0.15, -0.1) is 0 Å². The minimum absolute atomic E-state index is 0.337. The van der Waals surface area contributed by atoms with Gasteiger partial charge >= 0.3 is 5.97 Å². The highest BCUT2D eigenvalue weighted by molar-refractivity contribution is 5.87. The standard InChI is InChI=1S/C17H25NO3/c1-13(2)16(19)21-17(4)11-14(3)10-15(12-17)6-9-20-8-5-7-18/h15H,1,3,5-6,8-12H2,2,4H3. The van der Waals surface area contributed by atoms with Gasteiger partial charge in [0.2, 0.25) is 0 Å². The Bertz CT molecular complexity index is 449. The lowest BCUT2D eigenvalue weighted by Gasteiger charge is -2.39. The van der Waals surface area contributed by atoms with Gasteiger partial charge in [0.05, 0.1) is 19.1 Å². The number of rotatable bonds is 7. The van der Waals surface area contributed by atoms with Crippen molar-refractivity contribution in [2.45, 2.75) is 51.6 Å². The zero-order chi connectivity index (χ0) is 15.9. The summed E-state index contributed by atoms with van der Waals surface area (Å²) >= 11 is 0. The molecule has 1 rings (SSSR count). The summed E-state index contributed by atoms with van der Waals surface area (Å²) in [6.45, 7) is 12.4. The van der Waals surface area contributed by atoms with Crippen LogP contribution < -0.4 is 0 Å². The second kappa shape index (κ2) is 7.99. The van der Waals surface area contributed by atoms with Gasteiger partial charge in [-0.1, -0.05) is 18.7 Å². The molecule has 4 nitrogen and oxygen atoms in total. The molecule has 0 saturated heterocycles. The van der Waals surface area contributed by atoms with Crippen LogP contribution in [-0.2, 0) is 14.3 Å². The quantitative estimate of drug-likeness (QED) is 0.311. The van der Waals surface area contributed by atoms with Gasteiger partial charge in [0.25, 0.3) is 0 Å². The second-order valence-electron chi connectivity index (χ2n) is 6.13. The number of nitrogens with zero attached hydrogens (tertiary/aromatic N) is 1. The van der Waals surface area contributed by atoms with Crippen LogP contribution >= 0.6 is 0 Å². The van der Waals surface area contributed by atoms with E-state index in [0.717, 1.165) is 24.8 Å². The van der Waals surface area contributed by atoms with Crippen LogP contribution in [0.15, 0.2) is 24.3 Å². The average Bonchev–Trinajstić information content (AvgIpc) is 2.36. The summed E-state index contributed by atoms with van der Waals surface area (Å²) < 4.78 is 11.0. The Morgan fingerprint density at radius 2 is 2.24 bits per heavy atom. The largest absolute Gasteiger partial charge is 0.456 e. The van der Waals surface area contributed by atoms with E-state index < -0.39 is 5.60 Å². The SMILES string of the molecule is C=C1CC(CCOCCC#N)CC(C)(OC(=O)C(=C)C)C1. The summed E-state index contributed by atoms with van der Waals surface area (Å²) in [7, 11) is 0. The van der Waals surface area contributed by atoms with Crippen molar-refractivity contribution < 1.29 is 14.3 Å². The molecule has 4 heteroatoms. The number of carbonyl (C=O) groups is 1. The molecule has 0 amide bonds. The topological polar surface area (TPSA) is 59.3 Å². The number of hydrogen-bond donors (Lipinski definition) is 0. The molecule has 0 aromatic carbocycles. The fourth-order valence-electron chi connectivity index (χ4n) is 2.83. The van der Waals surface area contributed by atoms with Crippen LogP contribution in [0.25, 0.3) is 0 Å². The lowest BCUT2D eigenvalue weighted by atomic mass is 9.75. The number of hydrogen-bond acceptors (Lipinski definition) is 4. The van der Waals surface area contributed by atoms with E-state index in [0.29, 0.717) is 37.5 Å². The maximum atomic E-state index is 11.8. The first-order valence-corrected chi connectivity index (χ1v) is 7.36. The molecule has 1 aliphatic carbocycles.